The van der Waals surface area contributed by atoms with Gasteiger partial charge in [0.25, 0.3) is 0 Å². The predicted octanol–water partition coefficient (Wildman–Crippen LogP) is 3.30. The molecule has 3 aromatic rings. The minimum atomic E-state index is -1.01. The van der Waals surface area contributed by atoms with Crippen LogP contribution in [0.5, 0.6) is 0 Å². The molecule has 0 saturated heterocycles. The molecule has 108 valence electrons. The van der Waals surface area contributed by atoms with Crippen LogP contribution >= 0.6 is 0 Å². The van der Waals surface area contributed by atoms with Gasteiger partial charge in [0.2, 0.25) is 0 Å². The van der Waals surface area contributed by atoms with Crippen molar-refractivity contribution in [2.24, 2.45) is 0 Å². The lowest BCUT2D eigenvalue weighted by Crippen LogP contribution is -1.97. The number of pyridine rings is 1. The third kappa shape index (κ3) is 2.52. The maximum absolute atomic E-state index is 10.9. The largest absolute Gasteiger partial charge is 0.478 e. The summed E-state index contributed by atoms with van der Waals surface area (Å²) >= 11 is 0. The van der Waals surface area contributed by atoms with Crippen LogP contribution in [0, 0.1) is 0 Å². The van der Waals surface area contributed by atoms with Crippen molar-refractivity contribution in [3.05, 3.63) is 65.9 Å². The average molecular weight is 293 g/mol. The van der Waals surface area contributed by atoms with Crippen molar-refractivity contribution < 1.29 is 19.8 Å². The van der Waals surface area contributed by atoms with E-state index in [1.54, 1.807) is 36.4 Å². The molecule has 22 heavy (non-hydrogen) atoms. The number of carbonyl (C=O) groups is 2. The number of hydrogen-bond donors (Lipinski definition) is 2. The normalized spacial score (nSPS) is 10.5. The number of rotatable bonds is 3. The first kappa shape index (κ1) is 13.8. The molecule has 0 saturated carbocycles. The number of carboxylic acid groups (broad SMARTS) is 2. The summed E-state index contributed by atoms with van der Waals surface area (Å²) in [5.41, 5.74) is 2.82. The van der Waals surface area contributed by atoms with E-state index in [1.165, 1.54) is 6.20 Å². The Bertz CT molecular complexity index is 885. The van der Waals surface area contributed by atoms with Gasteiger partial charge < -0.3 is 10.2 Å². The van der Waals surface area contributed by atoms with Crippen molar-refractivity contribution >= 4 is 22.8 Å². The fraction of sp³-hybridized carbons (Fsp3) is 0. The van der Waals surface area contributed by atoms with Crippen molar-refractivity contribution in [2.75, 3.05) is 0 Å². The predicted molar refractivity (Wildman–Crippen MR) is 81.1 cm³/mol. The first-order chi connectivity index (χ1) is 10.5. The van der Waals surface area contributed by atoms with E-state index >= 15 is 0 Å². The van der Waals surface area contributed by atoms with Gasteiger partial charge in [-0.3, -0.25) is 4.98 Å². The summed E-state index contributed by atoms with van der Waals surface area (Å²) in [6, 6.07) is 13.6. The highest BCUT2D eigenvalue weighted by Crippen LogP contribution is 2.24. The summed E-state index contributed by atoms with van der Waals surface area (Å²) in [4.78, 5) is 25.9. The van der Waals surface area contributed by atoms with Gasteiger partial charge in [0.1, 0.15) is 0 Å². The molecule has 0 radical (unpaired) electrons. The molecule has 0 aliphatic rings. The molecule has 0 aliphatic heterocycles. The topological polar surface area (TPSA) is 87.5 Å². The zero-order chi connectivity index (χ0) is 15.7. The summed E-state index contributed by atoms with van der Waals surface area (Å²) in [6.07, 6.45) is 1.32. The van der Waals surface area contributed by atoms with E-state index in [0.717, 1.165) is 16.5 Å². The van der Waals surface area contributed by atoms with Crippen molar-refractivity contribution in [2.45, 2.75) is 0 Å². The Morgan fingerprint density at radius 3 is 2.05 bits per heavy atom. The van der Waals surface area contributed by atoms with Gasteiger partial charge in [-0.25, -0.2) is 9.59 Å². The monoisotopic (exact) mass is 293 g/mol. The highest BCUT2D eigenvalue weighted by Gasteiger charge is 2.07. The molecule has 1 heterocycles. The van der Waals surface area contributed by atoms with Crippen LogP contribution in [-0.2, 0) is 0 Å². The van der Waals surface area contributed by atoms with Crippen LogP contribution in [0.2, 0.25) is 0 Å². The Morgan fingerprint density at radius 2 is 1.41 bits per heavy atom. The number of nitrogens with zero attached hydrogens (tertiary/aromatic N) is 1. The van der Waals surface area contributed by atoms with Gasteiger partial charge in [0.05, 0.1) is 16.6 Å². The number of benzene rings is 2. The van der Waals surface area contributed by atoms with Gasteiger partial charge >= 0.3 is 11.9 Å². The third-order valence-corrected chi connectivity index (χ3v) is 3.40. The molecule has 1 aromatic heterocycles. The maximum Gasteiger partial charge on any atom is 0.337 e. The van der Waals surface area contributed by atoms with Crippen LogP contribution in [0.25, 0.3) is 22.0 Å². The fourth-order valence-corrected chi connectivity index (χ4v) is 2.22. The van der Waals surface area contributed by atoms with E-state index in [-0.39, 0.29) is 11.1 Å². The van der Waals surface area contributed by atoms with Gasteiger partial charge in [-0.1, -0.05) is 24.3 Å². The lowest BCUT2D eigenvalue weighted by molar-refractivity contribution is 0.0686. The molecule has 0 unspecified atom stereocenters. The van der Waals surface area contributed by atoms with Crippen LogP contribution in [0.3, 0.4) is 0 Å². The molecule has 0 atom stereocenters. The molecule has 0 bridgehead atoms. The SMILES string of the molecule is O=C(O)c1ccc(-c2ccc3cc(C(=O)O)cnc3c2)cc1. The van der Waals surface area contributed by atoms with Crippen LogP contribution in [-0.4, -0.2) is 27.1 Å². The minimum Gasteiger partial charge on any atom is -0.478 e. The standard InChI is InChI=1S/C17H11NO4/c19-16(20)11-3-1-10(2-4-11)12-5-6-13-7-14(17(21)22)9-18-15(13)8-12/h1-9H,(H,19,20)(H,21,22). The second kappa shape index (κ2) is 5.29. The van der Waals surface area contributed by atoms with E-state index in [9.17, 15) is 9.59 Å². The van der Waals surface area contributed by atoms with Crippen LogP contribution < -0.4 is 0 Å². The van der Waals surface area contributed by atoms with E-state index < -0.39 is 11.9 Å². The molecule has 0 fully saturated rings. The summed E-state index contributed by atoms with van der Waals surface area (Å²) in [7, 11) is 0. The highest BCUT2D eigenvalue weighted by molar-refractivity contribution is 5.93. The first-order valence-electron chi connectivity index (χ1n) is 6.51. The second-order valence-electron chi connectivity index (χ2n) is 4.82. The number of carboxylic acids is 2. The van der Waals surface area contributed by atoms with Crippen molar-refractivity contribution in [1.82, 2.24) is 4.98 Å². The molecular formula is C17H11NO4. The van der Waals surface area contributed by atoms with E-state index in [1.807, 2.05) is 12.1 Å². The Hall–Kier alpha value is -3.21. The Balaban J connectivity index is 2.03. The number of fused-ring (bicyclic) bond motifs is 1. The first-order valence-corrected chi connectivity index (χ1v) is 6.51. The molecule has 3 rings (SSSR count). The summed E-state index contributed by atoms with van der Waals surface area (Å²) in [5, 5.41) is 18.6. The summed E-state index contributed by atoms with van der Waals surface area (Å²) < 4.78 is 0. The lowest BCUT2D eigenvalue weighted by atomic mass is 10.0. The lowest BCUT2D eigenvalue weighted by Gasteiger charge is -2.05. The molecule has 2 aromatic carbocycles. The number of aromatic nitrogens is 1. The average Bonchev–Trinajstić information content (AvgIpc) is 2.54. The van der Waals surface area contributed by atoms with E-state index in [2.05, 4.69) is 4.98 Å². The number of hydrogen-bond acceptors (Lipinski definition) is 3. The minimum absolute atomic E-state index is 0.145. The van der Waals surface area contributed by atoms with E-state index in [0.29, 0.717) is 5.52 Å². The van der Waals surface area contributed by atoms with Gasteiger partial charge in [-0.2, -0.15) is 0 Å². The van der Waals surface area contributed by atoms with Crippen molar-refractivity contribution in [3.8, 4) is 11.1 Å². The highest BCUT2D eigenvalue weighted by atomic mass is 16.4. The Kier molecular flexibility index (Phi) is 3.31. The molecular weight excluding hydrogens is 282 g/mol. The zero-order valence-electron chi connectivity index (χ0n) is 11.4. The Labute approximate surface area is 125 Å². The maximum atomic E-state index is 10.9. The second-order valence-corrected chi connectivity index (χ2v) is 4.82. The summed E-state index contributed by atoms with van der Waals surface area (Å²) in [6.45, 7) is 0. The van der Waals surface area contributed by atoms with Crippen LogP contribution in [0.4, 0.5) is 0 Å². The molecule has 0 aliphatic carbocycles. The van der Waals surface area contributed by atoms with Crippen LogP contribution in [0.15, 0.2) is 54.7 Å². The third-order valence-electron chi connectivity index (χ3n) is 3.40. The smallest absolute Gasteiger partial charge is 0.337 e. The van der Waals surface area contributed by atoms with Crippen LogP contribution in [0.1, 0.15) is 20.7 Å². The van der Waals surface area contributed by atoms with Gasteiger partial charge in [0.15, 0.2) is 0 Å². The van der Waals surface area contributed by atoms with Crippen molar-refractivity contribution in [1.29, 1.82) is 0 Å². The summed E-state index contributed by atoms with van der Waals surface area (Å²) in [5.74, 6) is -1.98. The molecule has 5 nitrogen and oxygen atoms in total. The van der Waals surface area contributed by atoms with Gasteiger partial charge in [0, 0.05) is 11.6 Å². The zero-order valence-corrected chi connectivity index (χ0v) is 11.4. The number of aromatic carboxylic acids is 2. The van der Waals surface area contributed by atoms with Crippen molar-refractivity contribution in [3.63, 3.8) is 0 Å². The quantitative estimate of drug-likeness (QED) is 0.773. The van der Waals surface area contributed by atoms with E-state index in [4.69, 9.17) is 10.2 Å². The Morgan fingerprint density at radius 1 is 0.773 bits per heavy atom. The molecule has 5 heteroatoms. The molecule has 0 amide bonds. The van der Waals surface area contributed by atoms with Gasteiger partial charge in [-0.05, 0) is 35.4 Å². The molecule has 2 N–H and O–H groups in total. The van der Waals surface area contributed by atoms with Gasteiger partial charge in [-0.15, -0.1) is 0 Å². The molecule has 0 spiro atoms. The fourth-order valence-electron chi connectivity index (χ4n) is 2.22.